The number of hydrogen-bond acceptors (Lipinski definition) is 5. The zero-order valence-corrected chi connectivity index (χ0v) is 17.4. The molecule has 0 saturated carbocycles. The zero-order chi connectivity index (χ0) is 22.0. The molecule has 2 N–H and O–H groups in total. The number of Topliss-reactive ketones (excluding diaryl/α,β-unsaturated/α-hetero) is 1. The van der Waals surface area contributed by atoms with Gasteiger partial charge in [0.2, 0.25) is 0 Å². The van der Waals surface area contributed by atoms with Gasteiger partial charge in [0.1, 0.15) is 11.5 Å². The monoisotopic (exact) mass is 420 g/mol. The highest BCUT2D eigenvalue weighted by molar-refractivity contribution is 6.46. The highest BCUT2D eigenvalue weighted by Crippen LogP contribution is 2.41. The summed E-state index contributed by atoms with van der Waals surface area (Å²) in [6, 6.07) is 14.0. The van der Waals surface area contributed by atoms with Crippen molar-refractivity contribution >= 4 is 28.4 Å². The molecule has 31 heavy (non-hydrogen) atoms. The average molecular weight is 420 g/mol. The van der Waals surface area contributed by atoms with E-state index in [9.17, 15) is 14.7 Å². The fourth-order valence-electron chi connectivity index (χ4n) is 4.06. The van der Waals surface area contributed by atoms with Crippen molar-refractivity contribution in [3.05, 3.63) is 71.4 Å². The van der Waals surface area contributed by atoms with Gasteiger partial charge in [-0.15, -0.1) is 0 Å². The van der Waals surface area contributed by atoms with E-state index in [-0.39, 0.29) is 11.3 Å². The lowest BCUT2D eigenvalue weighted by Crippen LogP contribution is -2.31. The maximum absolute atomic E-state index is 13.1. The predicted octanol–water partition coefficient (Wildman–Crippen LogP) is 3.63. The number of ketones is 1. The molecule has 1 atom stereocenters. The van der Waals surface area contributed by atoms with Gasteiger partial charge in [-0.3, -0.25) is 9.59 Å². The van der Waals surface area contributed by atoms with Crippen molar-refractivity contribution < 1.29 is 24.2 Å². The van der Waals surface area contributed by atoms with Crippen molar-refractivity contribution in [1.82, 2.24) is 9.88 Å². The number of likely N-dealkylation sites (tertiary alicyclic amines) is 1. The van der Waals surface area contributed by atoms with Crippen molar-refractivity contribution in [2.75, 3.05) is 27.4 Å². The first-order valence-corrected chi connectivity index (χ1v) is 10.0. The Hall–Kier alpha value is -3.58. The van der Waals surface area contributed by atoms with Crippen molar-refractivity contribution in [2.45, 2.75) is 12.5 Å². The first-order valence-electron chi connectivity index (χ1n) is 10.0. The topological polar surface area (TPSA) is 91.9 Å². The van der Waals surface area contributed by atoms with Crippen LogP contribution in [0.2, 0.25) is 0 Å². The Morgan fingerprint density at radius 3 is 2.71 bits per heavy atom. The molecule has 1 unspecified atom stereocenters. The summed E-state index contributed by atoms with van der Waals surface area (Å²) in [4.78, 5) is 30.6. The van der Waals surface area contributed by atoms with E-state index in [4.69, 9.17) is 9.47 Å². The van der Waals surface area contributed by atoms with Crippen LogP contribution < -0.4 is 4.74 Å². The second-order valence-corrected chi connectivity index (χ2v) is 7.36. The number of hydrogen-bond donors (Lipinski definition) is 2. The van der Waals surface area contributed by atoms with Crippen LogP contribution in [0.5, 0.6) is 5.75 Å². The van der Waals surface area contributed by atoms with E-state index in [0.717, 1.165) is 10.9 Å². The van der Waals surface area contributed by atoms with Crippen molar-refractivity contribution in [1.29, 1.82) is 0 Å². The Morgan fingerprint density at radius 2 is 1.94 bits per heavy atom. The molecule has 1 aliphatic rings. The summed E-state index contributed by atoms with van der Waals surface area (Å²) >= 11 is 0. The van der Waals surface area contributed by atoms with Crippen LogP contribution in [-0.2, 0) is 14.3 Å². The highest BCUT2D eigenvalue weighted by atomic mass is 16.5. The molecule has 1 aromatic heterocycles. The number of benzene rings is 2. The average Bonchev–Trinajstić information content (AvgIpc) is 3.33. The van der Waals surface area contributed by atoms with E-state index < -0.39 is 17.7 Å². The van der Waals surface area contributed by atoms with Crippen LogP contribution in [0.3, 0.4) is 0 Å². The van der Waals surface area contributed by atoms with Gasteiger partial charge in [-0.25, -0.2) is 0 Å². The predicted molar refractivity (Wildman–Crippen MR) is 117 cm³/mol. The Labute approximate surface area is 179 Å². The van der Waals surface area contributed by atoms with Crippen LogP contribution in [0.4, 0.5) is 0 Å². The van der Waals surface area contributed by atoms with E-state index in [1.54, 1.807) is 38.6 Å². The summed E-state index contributed by atoms with van der Waals surface area (Å²) in [6.45, 7) is 0.779. The molecule has 3 aromatic rings. The molecule has 1 fully saturated rings. The molecule has 1 amide bonds. The lowest BCUT2D eigenvalue weighted by atomic mass is 9.95. The number of nitrogens with zero attached hydrogens (tertiary/aromatic N) is 1. The van der Waals surface area contributed by atoms with Crippen LogP contribution >= 0.6 is 0 Å². The zero-order valence-electron chi connectivity index (χ0n) is 17.4. The molecule has 4 rings (SSSR count). The number of amides is 1. The van der Waals surface area contributed by atoms with E-state index >= 15 is 0 Å². The molecule has 1 aliphatic heterocycles. The van der Waals surface area contributed by atoms with Gasteiger partial charge in [-0.1, -0.05) is 30.3 Å². The highest BCUT2D eigenvalue weighted by Gasteiger charge is 2.46. The number of para-hydroxylation sites is 1. The minimum atomic E-state index is -0.722. The minimum Gasteiger partial charge on any atom is -0.507 e. The first kappa shape index (κ1) is 20.7. The third-order valence-electron chi connectivity index (χ3n) is 5.54. The van der Waals surface area contributed by atoms with E-state index in [1.165, 1.54) is 4.90 Å². The molecule has 7 nitrogen and oxygen atoms in total. The Bertz CT molecular complexity index is 1160. The number of aromatic nitrogens is 1. The molecule has 0 radical (unpaired) electrons. The van der Waals surface area contributed by atoms with Gasteiger partial charge in [0.05, 0.1) is 18.7 Å². The number of aromatic amines is 1. The number of H-pyrrole nitrogens is 1. The minimum absolute atomic E-state index is 0.0698. The summed E-state index contributed by atoms with van der Waals surface area (Å²) < 4.78 is 10.4. The smallest absolute Gasteiger partial charge is 0.295 e. The molecule has 2 aromatic carbocycles. The number of carbonyl (C=O) groups is 2. The molecule has 160 valence electrons. The van der Waals surface area contributed by atoms with Crippen LogP contribution in [0, 0.1) is 0 Å². The van der Waals surface area contributed by atoms with E-state index in [1.807, 2.05) is 30.3 Å². The van der Waals surface area contributed by atoms with Gasteiger partial charge >= 0.3 is 0 Å². The molecule has 2 heterocycles. The summed E-state index contributed by atoms with van der Waals surface area (Å²) in [5.41, 5.74) is 2.08. The molecule has 1 saturated heterocycles. The fourth-order valence-corrected chi connectivity index (χ4v) is 4.06. The van der Waals surface area contributed by atoms with E-state index in [2.05, 4.69) is 4.98 Å². The van der Waals surface area contributed by atoms with Crippen LogP contribution in [0.15, 0.2) is 60.3 Å². The van der Waals surface area contributed by atoms with Gasteiger partial charge in [-0.05, 0) is 30.2 Å². The number of fused-ring (bicyclic) bond motifs is 1. The standard InChI is InChI=1S/C24H24N2O5/c1-30-12-6-11-26-21(15-7-5-8-16(13-15)31-2)20(23(28)24(26)29)22(27)18-14-25-19-10-4-3-9-17(18)19/h3-5,7-10,13-14,21,25,27H,6,11-12H2,1-2H3/b22-20-. The quantitative estimate of drug-likeness (QED) is 0.264. The van der Waals surface area contributed by atoms with Gasteiger partial charge < -0.3 is 24.5 Å². The summed E-state index contributed by atoms with van der Waals surface area (Å²) in [5.74, 6) is -0.928. The van der Waals surface area contributed by atoms with Crippen molar-refractivity contribution in [3.63, 3.8) is 0 Å². The number of nitrogens with one attached hydrogen (secondary N) is 1. The van der Waals surface area contributed by atoms with Gasteiger partial charge in [0.25, 0.3) is 11.7 Å². The third kappa shape index (κ3) is 3.68. The summed E-state index contributed by atoms with van der Waals surface area (Å²) in [7, 11) is 3.14. The number of aliphatic hydroxyl groups is 1. The Morgan fingerprint density at radius 1 is 1.13 bits per heavy atom. The number of aliphatic hydroxyl groups excluding tert-OH is 1. The maximum atomic E-state index is 13.1. The number of carbonyl (C=O) groups excluding carboxylic acids is 2. The SMILES string of the molecule is COCCCN1C(=O)C(=O)/C(=C(\O)c2c[nH]c3ccccc23)C1c1cccc(OC)c1. The summed E-state index contributed by atoms with van der Waals surface area (Å²) in [5, 5.41) is 12.0. The largest absolute Gasteiger partial charge is 0.507 e. The van der Waals surface area contributed by atoms with Gasteiger partial charge in [0, 0.05) is 42.9 Å². The maximum Gasteiger partial charge on any atom is 0.295 e. The second-order valence-electron chi connectivity index (χ2n) is 7.36. The number of rotatable bonds is 7. The van der Waals surface area contributed by atoms with Crippen LogP contribution in [-0.4, -0.2) is 54.1 Å². The van der Waals surface area contributed by atoms with Crippen molar-refractivity contribution in [3.8, 4) is 5.75 Å². The molecule has 0 spiro atoms. The molecule has 0 bridgehead atoms. The molecule has 0 aliphatic carbocycles. The molecular formula is C24H24N2O5. The fraction of sp³-hybridized carbons (Fsp3) is 0.250. The lowest BCUT2D eigenvalue weighted by Gasteiger charge is -2.25. The molecule has 7 heteroatoms. The second kappa shape index (κ2) is 8.65. The number of ether oxygens (including phenoxy) is 2. The first-order chi connectivity index (χ1) is 15.1. The van der Waals surface area contributed by atoms with E-state index in [0.29, 0.717) is 36.4 Å². The van der Waals surface area contributed by atoms with Gasteiger partial charge in [0.15, 0.2) is 0 Å². The lowest BCUT2D eigenvalue weighted by molar-refractivity contribution is -0.140. The van der Waals surface area contributed by atoms with Crippen LogP contribution in [0.25, 0.3) is 16.7 Å². The third-order valence-corrected chi connectivity index (χ3v) is 5.54. The Balaban J connectivity index is 1.88. The van der Waals surface area contributed by atoms with Crippen LogP contribution in [0.1, 0.15) is 23.6 Å². The molecular weight excluding hydrogens is 396 g/mol. The normalized spacial score (nSPS) is 18.1. The number of methoxy groups -OCH3 is 2. The summed E-state index contributed by atoms with van der Waals surface area (Å²) in [6.07, 6.45) is 2.22. The Kier molecular flexibility index (Phi) is 5.77. The van der Waals surface area contributed by atoms with Crippen molar-refractivity contribution in [2.24, 2.45) is 0 Å². The van der Waals surface area contributed by atoms with Gasteiger partial charge in [-0.2, -0.15) is 0 Å².